The van der Waals surface area contributed by atoms with Crippen molar-refractivity contribution in [2.24, 2.45) is 15.6 Å². The number of carbonyl (C=O) groups is 2. The zero-order valence-electron chi connectivity index (χ0n) is 10.1. The number of allylic oxidation sites excluding steroid dienone is 2. The molecule has 0 radical (unpaired) electrons. The minimum Gasteiger partial charge on any atom is -0.290 e. The van der Waals surface area contributed by atoms with E-state index >= 15 is 0 Å². The topological polar surface area (TPSA) is 132 Å². The summed E-state index contributed by atoms with van der Waals surface area (Å²) in [6, 6.07) is 0. The van der Waals surface area contributed by atoms with Crippen LogP contribution in [-0.4, -0.2) is 11.6 Å². The van der Waals surface area contributed by atoms with E-state index in [2.05, 4.69) is 20.1 Å². The van der Waals surface area contributed by atoms with Crippen LogP contribution in [0.4, 0.5) is 0 Å². The van der Waals surface area contributed by atoms with Crippen molar-refractivity contribution in [3.63, 3.8) is 0 Å². The first-order valence-electron chi connectivity index (χ1n) is 4.98. The Morgan fingerprint density at radius 3 is 2.11 bits per heavy atom. The zero-order chi connectivity index (χ0) is 13.9. The van der Waals surface area contributed by atoms with E-state index in [-0.39, 0.29) is 17.0 Å². The van der Waals surface area contributed by atoms with E-state index in [4.69, 9.17) is 11.1 Å². The van der Waals surface area contributed by atoms with Gasteiger partial charge in [-0.05, 0) is 22.6 Å². The van der Waals surface area contributed by atoms with Gasteiger partial charge >= 0.3 is 0 Å². The second kappa shape index (κ2) is 4.75. The molecule has 18 heavy (non-hydrogen) atoms. The number of azide groups is 2. The third kappa shape index (κ3) is 2.40. The Morgan fingerprint density at radius 2 is 1.67 bits per heavy atom. The van der Waals surface area contributed by atoms with Crippen LogP contribution in [0, 0.1) is 5.41 Å². The standard InChI is InChI=1S/C10H10N6O2/c1-10(2,3)7-6(17)4-5(13-15-11)9(18)8(7)14-16-12/h4H,1-3H3. The molecule has 0 amide bonds. The number of hydrogen-bond acceptors (Lipinski definition) is 4. The molecule has 1 aliphatic carbocycles. The molecule has 0 aromatic rings. The van der Waals surface area contributed by atoms with Crippen molar-refractivity contribution >= 4 is 11.6 Å². The maximum absolute atomic E-state index is 11.9. The van der Waals surface area contributed by atoms with E-state index < -0.39 is 17.0 Å². The first kappa shape index (κ1) is 13.5. The van der Waals surface area contributed by atoms with Crippen molar-refractivity contribution in [2.75, 3.05) is 0 Å². The van der Waals surface area contributed by atoms with E-state index in [1.54, 1.807) is 20.8 Å². The van der Waals surface area contributed by atoms with Gasteiger partial charge in [-0.3, -0.25) is 9.59 Å². The fraction of sp³-hybridized carbons (Fsp3) is 0.400. The van der Waals surface area contributed by atoms with Crippen molar-refractivity contribution in [1.29, 1.82) is 0 Å². The Hall–Kier alpha value is -2.56. The SMILES string of the molecule is CC(C)(C)C1=C(N=[N+]=[N-])C(=O)C(N=[N+]=[N-])=CC1=O. The predicted octanol–water partition coefficient (Wildman–Crippen LogP) is 2.94. The summed E-state index contributed by atoms with van der Waals surface area (Å²) >= 11 is 0. The van der Waals surface area contributed by atoms with E-state index in [0.29, 0.717) is 0 Å². The summed E-state index contributed by atoms with van der Waals surface area (Å²) in [4.78, 5) is 28.8. The molecule has 0 unspecified atom stereocenters. The third-order valence-electron chi connectivity index (χ3n) is 2.25. The molecule has 8 nitrogen and oxygen atoms in total. The van der Waals surface area contributed by atoms with Crippen LogP contribution in [0.15, 0.2) is 33.3 Å². The van der Waals surface area contributed by atoms with Gasteiger partial charge < -0.3 is 0 Å². The second-order valence-corrected chi connectivity index (χ2v) is 4.58. The van der Waals surface area contributed by atoms with Crippen LogP contribution < -0.4 is 0 Å². The first-order chi connectivity index (χ1) is 8.32. The van der Waals surface area contributed by atoms with Gasteiger partial charge in [0.15, 0.2) is 11.6 Å². The molecule has 0 fully saturated rings. The maximum Gasteiger partial charge on any atom is 0.198 e. The second-order valence-electron chi connectivity index (χ2n) is 4.58. The maximum atomic E-state index is 11.9. The lowest BCUT2D eigenvalue weighted by atomic mass is 9.79. The van der Waals surface area contributed by atoms with Gasteiger partial charge in [0.1, 0.15) is 0 Å². The molecule has 0 N–H and O–H groups in total. The number of carbonyl (C=O) groups excluding carboxylic acids is 2. The van der Waals surface area contributed by atoms with Gasteiger partial charge in [0.05, 0.1) is 11.4 Å². The Bertz CT molecular complexity index is 580. The Labute approximate surface area is 102 Å². The Balaban J connectivity index is 3.55. The van der Waals surface area contributed by atoms with Gasteiger partial charge in [-0.1, -0.05) is 31.0 Å². The van der Waals surface area contributed by atoms with Crippen molar-refractivity contribution < 1.29 is 9.59 Å². The summed E-state index contributed by atoms with van der Waals surface area (Å²) in [5.41, 5.74) is 15.5. The highest BCUT2D eigenvalue weighted by atomic mass is 16.1. The summed E-state index contributed by atoms with van der Waals surface area (Å²) in [5.74, 6) is -1.23. The minimum absolute atomic E-state index is 0.113. The average Bonchev–Trinajstić information content (AvgIpc) is 2.23. The van der Waals surface area contributed by atoms with Gasteiger partial charge in [0, 0.05) is 15.4 Å². The van der Waals surface area contributed by atoms with E-state index in [0.717, 1.165) is 6.08 Å². The summed E-state index contributed by atoms with van der Waals surface area (Å²) in [7, 11) is 0. The van der Waals surface area contributed by atoms with Crippen LogP contribution in [0.5, 0.6) is 0 Å². The molecule has 1 aliphatic rings. The molecule has 0 aliphatic heterocycles. The van der Waals surface area contributed by atoms with Gasteiger partial charge in [-0.25, -0.2) is 0 Å². The third-order valence-corrected chi connectivity index (χ3v) is 2.25. The van der Waals surface area contributed by atoms with Crippen molar-refractivity contribution in [1.82, 2.24) is 0 Å². The molecule has 0 spiro atoms. The molecule has 0 bridgehead atoms. The lowest BCUT2D eigenvalue weighted by Crippen LogP contribution is -2.25. The molecule has 92 valence electrons. The highest BCUT2D eigenvalue weighted by Gasteiger charge is 2.33. The number of Topliss-reactive ketones (excluding diaryl/α,β-unsaturated/α-hetero) is 1. The molecule has 0 aromatic heterocycles. The van der Waals surface area contributed by atoms with Gasteiger partial charge in [-0.15, -0.1) is 0 Å². The number of hydrogen-bond donors (Lipinski definition) is 0. The minimum atomic E-state index is -0.741. The summed E-state index contributed by atoms with van der Waals surface area (Å²) < 4.78 is 0. The zero-order valence-corrected chi connectivity index (χ0v) is 10.1. The Kier molecular flexibility index (Phi) is 3.56. The summed E-state index contributed by atoms with van der Waals surface area (Å²) in [5, 5.41) is 6.38. The quantitative estimate of drug-likeness (QED) is 0.320. The number of rotatable bonds is 2. The summed E-state index contributed by atoms with van der Waals surface area (Å²) in [6.07, 6.45) is 0.957. The van der Waals surface area contributed by atoms with Crippen molar-refractivity contribution in [3.05, 3.63) is 43.9 Å². The number of ketones is 2. The van der Waals surface area contributed by atoms with Crippen LogP contribution in [0.25, 0.3) is 20.9 Å². The van der Waals surface area contributed by atoms with Gasteiger partial charge in [0.25, 0.3) is 0 Å². The van der Waals surface area contributed by atoms with Crippen LogP contribution in [0.2, 0.25) is 0 Å². The Morgan fingerprint density at radius 1 is 1.11 bits per heavy atom. The van der Waals surface area contributed by atoms with Gasteiger partial charge in [-0.2, -0.15) is 0 Å². The summed E-state index contributed by atoms with van der Waals surface area (Å²) in [6.45, 7) is 5.15. The monoisotopic (exact) mass is 246 g/mol. The van der Waals surface area contributed by atoms with Crippen LogP contribution in [0.1, 0.15) is 20.8 Å². The van der Waals surface area contributed by atoms with E-state index in [9.17, 15) is 9.59 Å². The normalized spacial score (nSPS) is 15.8. The predicted molar refractivity (Wildman–Crippen MR) is 62.9 cm³/mol. The number of nitrogens with zero attached hydrogens (tertiary/aromatic N) is 6. The van der Waals surface area contributed by atoms with E-state index in [1.165, 1.54) is 0 Å². The fourth-order valence-corrected chi connectivity index (χ4v) is 1.60. The fourth-order valence-electron chi connectivity index (χ4n) is 1.60. The van der Waals surface area contributed by atoms with Crippen molar-refractivity contribution in [2.45, 2.75) is 20.8 Å². The smallest absolute Gasteiger partial charge is 0.198 e. The molecular formula is C10H10N6O2. The molecule has 0 saturated heterocycles. The highest BCUT2D eigenvalue weighted by Crippen LogP contribution is 2.34. The first-order valence-corrected chi connectivity index (χ1v) is 4.98. The van der Waals surface area contributed by atoms with Crippen molar-refractivity contribution in [3.8, 4) is 0 Å². The van der Waals surface area contributed by atoms with Crippen LogP contribution in [0.3, 0.4) is 0 Å². The van der Waals surface area contributed by atoms with E-state index in [1.807, 2.05) is 0 Å². The van der Waals surface area contributed by atoms with Crippen LogP contribution >= 0.6 is 0 Å². The molecule has 0 heterocycles. The molecule has 0 saturated carbocycles. The molecule has 0 atom stereocenters. The molecule has 8 heteroatoms. The van der Waals surface area contributed by atoms with Gasteiger partial charge in [0.2, 0.25) is 0 Å². The lowest BCUT2D eigenvalue weighted by Gasteiger charge is -2.25. The molecule has 0 aromatic carbocycles. The lowest BCUT2D eigenvalue weighted by molar-refractivity contribution is -0.116. The molecular weight excluding hydrogens is 236 g/mol. The molecule has 1 rings (SSSR count). The average molecular weight is 246 g/mol. The highest BCUT2D eigenvalue weighted by molar-refractivity contribution is 6.22. The van der Waals surface area contributed by atoms with Crippen LogP contribution in [-0.2, 0) is 9.59 Å². The largest absolute Gasteiger partial charge is 0.290 e.